The predicted octanol–water partition coefficient (Wildman–Crippen LogP) is 6.62. The number of hydrogen-bond acceptors (Lipinski definition) is 8. The van der Waals surface area contributed by atoms with Crippen molar-refractivity contribution < 1.29 is 26.1 Å². The molecule has 0 amide bonds. The lowest BCUT2D eigenvalue weighted by atomic mass is 9.55. The Morgan fingerprint density at radius 1 is 1.05 bits per heavy atom. The van der Waals surface area contributed by atoms with Gasteiger partial charge >= 0.3 is 10.3 Å². The third-order valence-electron chi connectivity index (χ3n) is 9.38. The fourth-order valence-corrected chi connectivity index (χ4v) is 9.09. The molecule has 2 N–H and O–H groups in total. The van der Waals surface area contributed by atoms with Crippen molar-refractivity contribution >= 4 is 22.6 Å². The second-order valence-corrected chi connectivity index (χ2v) is 13.6. The Hall–Kier alpha value is -0.880. The number of hydrogen-bond donors (Lipinski definition) is 1. The Balaban J connectivity index is 1.44. The van der Waals surface area contributed by atoms with Crippen LogP contribution in [-0.4, -0.2) is 31.9 Å². The van der Waals surface area contributed by atoms with Crippen molar-refractivity contribution in [2.24, 2.45) is 23.1 Å². The first-order chi connectivity index (χ1) is 18.3. The van der Waals surface area contributed by atoms with Crippen molar-refractivity contribution in [2.45, 2.75) is 110 Å². The number of rotatable bonds is 15. The first-order valence-corrected chi connectivity index (χ1v) is 16.5. The molecule has 0 radical (unpaired) electrons. The number of nitrogens with zero attached hydrogens (tertiary/aromatic N) is 1. The van der Waals surface area contributed by atoms with Crippen LogP contribution in [0.2, 0.25) is 0 Å². The van der Waals surface area contributed by atoms with Gasteiger partial charge in [-0.1, -0.05) is 52.5 Å². The average molecular weight is 571 g/mol. The first kappa shape index (κ1) is 30.1. The fourth-order valence-electron chi connectivity index (χ4n) is 7.41. The van der Waals surface area contributed by atoms with Gasteiger partial charge in [0.15, 0.2) is 0 Å². The van der Waals surface area contributed by atoms with E-state index in [4.69, 9.17) is 14.3 Å². The Kier molecular flexibility index (Phi) is 10.8. The lowest BCUT2D eigenvalue weighted by Crippen LogP contribution is -2.46. The molecule has 4 rings (SSSR count). The van der Waals surface area contributed by atoms with Crippen molar-refractivity contribution in [1.29, 1.82) is 0 Å². The Morgan fingerprint density at radius 2 is 1.79 bits per heavy atom. The Bertz CT molecular complexity index is 999. The summed E-state index contributed by atoms with van der Waals surface area (Å²) in [6.45, 7) is 7.70. The topological polar surface area (TPSA) is 100 Å². The molecular weight excluding hydrogens is 524 g/mol. The molecule has 0 heterocycles. The Labute approximate surface area is 233 Å². The zero-order valence-electron chi connectivity index (χ0n) is 23.2. The normalized spacial score (nSPS) is 28.7. The molecule has 3 aliphatic rings. The molecule has 0 spiro atoms. The molecular formula is C28H46N2O6S2. The molecule has 0 aromatic heterocycles. The molecule has 0 aliphatic heterocycles. The van der Waals surface area contributed by atoms with E-state index in [9.17, 15) is 8.42 Å². The van der Waals surface area contributed by atoms with Gasteiger partial charge in [0.1, 0.15) is 5.75 Å². The van der Waals surface area contributed by atoms with Crippen LogP contribution in [0.5, 0.6) is 5.75 Å². The van der Waals surface area contributed by atoms with E-state index in [0.717, 1.165) is 77.0 Å². The molecule has 8 nitrogen and oxygen atoms in total. The lowest BCUT2D eigenvalue weighted by Gasteiger charge is -2.50. The quantitative estimate of drug-likeness (QED) is 0.109. The van der Waals surface area contributed by atoms with Gasteiger partial charge in [0.05, 0.1) is 6.10 Å². The van der Waals surface area contributed by atoms with Crippen LogP contribution < -0.4 is 10.1 Å². The molecule has 5 atom stereocenters. The molecule has 2 fully saturated rings. The maximum atomic E-state index is 13.5. The minimum absolute atomic E-state index is 0.108. The number of fused-ring (bicyclic) bond motifs is 5. The molecule has 3 aliphatic carbocycles. The van der Waals surface area contributed by atoms with E-state index in [0.29, 0.717) is 48.9 Å². The van der Waals surface area contributed by atoms with E-state index in [1.54, 1.807) is 4.31 Å². The van der Waals surface area contributed by atoms with Crippen molar-refractivity contribution in [2.75, 3.05) is 13.1 Å². The molecule has 38 heavy (non-hydrogen) atoms. The highest BCUT2D eigenvalue weighted by atomic mass is 32.2. The second kappa shape index (κ2) is 13.7. The second-order valence-electron chi connectivity index (χ2n) is 11.6. The Morgan fingerprint density at radius 3 is 2.47 bits per heavy atom. The van der Waals surface area contributed by atoms with E-state index in [2.05, 4.69) is 42.2 Å². The van der Waals surface area contributed by atoms with Crippen molar-refractivity contribution in [3.8, 4) is 5.75 Å². The van der Waals surface area contributed by atoms with Crippen LogP contribution in [-0.2, 0) is 30.2 Å². The van der Waals surface area contributed by atoms with Crippen LogP contribution in [0.1, 0.15) is 108 Å². The van der Waals surface area contributed by atoms with Gasteiger partial charge in [-0.15, -0.1) is 9.32 Å². The summed E-state index contributed by atoms with van der Waals surface area (Å²) in [5.74, 6) is 7.11. The molecule has 0 saturated heterocycles. The fraction of sp³-hybridized carbons (Fsp3) is 0.786. The molecule has 2 saturated carbocycles. The number of unbranched alkanes of at least 4 members (excludes halogenated alkanes) is 4. The van der Waals surface area contributed by atoms with E-state index in [1.807, 2.05) is 6.07 Å². The third-order valence-corrected chi connectivity index (χ3v) is 11.3. The molecule has 0 bridgehead atoms. The van der Waals surface area contributed by atoms with Gasteiger partial charge in [0.25, 0.3) is 12.3 Å². The maximum Gasteiger partial charge on any atom is 0.338 e. The van der Waals surface area contributed by atoms with Gasteiger partial charge in [0, 0.05) is 13.1 Å². The van der Waals surface area contributed by atoms with Crippen molar-refractivity contribution in [1.82, 2.24) is 4.31 Å². The summed E-state index contributed by atoms with van der Waals surface area (Å²) in [7, 11) is -3.76. The van der Waals surface area contributed by atoms with E-state index < -0.39 is 10.3 Å². The van der Waals surface area contributed by atoms with Gasteiger partial charge in [-0.05, 0) is 97.8 Å². The zero-order chi connectivity index (χ0) is 27.2. The average Bonchev–Trinajstić information content (AvgIpc) is 3.23. The van der Waals surface area contributed by atoms with Gasteiger partial charge in [-0.2, -0.15) is 18.6 Å². The number of nitrogens with two attached hydrogens (primary N) is 1. The van der Waals surface area contributed by atoms with Crippen LogP contribution in [0, 0.1) is 17.3 Å². The number of benzene rings is 1. The van der Waals surface area contributed by atoms with E-state index >= 15 is 0 Å². The molecule has 216 valence electrons. The minimum Gasteiger partial charge on any atom is -0.399 e. The molecule has 10 heteroatoms. The SMILES string of the molecule is CCCCCN(CCCCC)S(=O)(=O)O[C@H]1CCC2C3CCc4cc(OSOON)ccc4C3CC[C@@]21C. The van der Waals surface area contributed by atoms with Crippen LogP contribution >= 0.6 is 12.3 Å². The minimum atomic E-state index is -3.76. The van der Waals surface area contributed by atoms with Gasteiger partial charge in [-0.3, -0.25) is 4.18 Å². The highest BCUT2D eigenvalue weighted by Gasteiger charge is 2.56. The molecule has 3 unspecified atom stereocenters. The summed E-state index contributed by atoms with van der Waals surface area (Å²) in [5, 5.41) is 0. The molecule has 1 aromatic rings. The van der Waals surface area contributed by atoms with Crippen LogP contribution in [0.3, 0.4) is 0 Å². The van der Waals surface area contributed by atoms with Gasteiger partial charge in [-0.25, -0.2) is 0 Å². The highest BCUT2D eigenvalue weighted by Crippen LogP contribution is 2.61. The van der Waals surface area contributed by atoms with Gasteiger partial charge < -0.3 is 4.18 Å². The highest BCUT2D eigenvalue weighted by molar-refractivity contribution is 7.90. The van der Waals surface area contributed by atoms with Crippen LogP contribution in [0.15, 0.2) is 18.2 Å². The zero-order valence-corrected chi connectivity index (χ0v) is 24.9. The van der Waals surface area contributed by atoms with E-state index in [-0.39, 0.29) is 11.5 Å². The molecule has 1 aromatic carbocycles. The summed E-state index contributed by atoms with van der Waals surface area (Å²) in [4.78, 5) is 4.08. The monoisotopic (exact) mass is 570 g/mol. The smallest absolute Gasteiger partial charge is 0.338 e. The van der Waals surface area contributed by atoms with E-state index in [1.165, 1.54) is 11.1 Å². The van der Waals surface area contributed by atoms with Crippen molar-refractivity contribution in [3.63, 3.8) is 0 Å². The summed E-state index contributed by atoms with van der Waals surface area (Å²) in [5.41, 5.74) is 2.63. The number of aryl methyl sites for hydroxylation is 1. The van der Waals surface area contributed by atoms with Gasteiger partial charge in [0.2, 0.25) is 0 Å². The first-order valence-electron chi connectivity index (χ1n) is 14.5. The lowest BCUT2D eigenvalue weighted by molar-refractivity contribution is -0.199. The third kappa shape index (κ3) is 6.70. The maximum absolute atomic E-state index is 13.5. The van der Waals surface area contributed by atoms with Crippen LogP contribution in [0.4, 0.5) is 0 Å². The summed E-state index contributed by atoms with van der Waals surface area (Å²) in [6, 6.07) is 6.25. The summed E-state index contributed by atoms with van der Waals surface area (Å²) in [6.07, 6.45) is 11.8. The van der Waals surface area contributed by atoms with Crippen molar-refractivity contribution in [3.05, 3.63) is 29.3 Å². The largest absolute Gasteiger partial charge is 0.399 e. The standard InChI is InChI=1S/C28H46N2O6S2/c1-4-6-8-18-30(19-9-7-5-2)38(31,32)34-27-15-14-26-25-12-10-21-20-22(33-37-36-35-29)11-13-23(21)24(25)16-17-28(26,27)3/h11,13,20,24-27H,4-10,12,14-19,29H2,1-3H3/t24?,25?,26?,27-,28-/m0/s1. The van der Waals surface area contributed by atoms with Crippen LogP contribution in [0.25, 0.3) is 0 Å². The summed E-state index contributed by atoms with van der Waals surface area (Å²) >= 11 is 0.695. The predicted molar refractivity (Wildman–Crippen MR) is 150 cm³/mol. The summed E-state index contributed by atoms with van der Waals surface area (Å²) < 4.78 is 44.9.